The molecule has 2 aromatic rings. The Bertz CT molecular complexity index is 981. The van der Waals surface area contributed by atoms with E-state index in [0.29, 0.717) is 11.4 Å². The number of pyridine rings is 1. The minimum Gasteiger partial charge on any atom is -0.425 e. The number of rotatable bonds is 8. The highest BCUT2D eigenvalue weighted by molar-refractivity contribution is 7.99. The van der Waals surface area contributed by atoms with Crippen molar-refractivity contribution in [3.63, 3.8) is 0 Å². The maximum absolute atomic E-state index is 11.1. The summed E-state index contributed by atoms with van der Waals surface area (Å²) >= 11 is 2.01. The van der Waals surface area contributed by atoms with Gasteiger partial charge in [0, 0.05) is 17.4 Å². The predicted octanol–water partition coefficient (Wildman–Crippen LogP) is 7.08. The molecule has 0 aliphatic carbocycles. The van der Waals surface area contributed by atoms with Crippen LogP contribution in [-0.4, -0.2) is 16.7 Å². The van der Waals surface area contributed by atoms with Gasteiger partial charge in [-0.3, -0.25) is 4.79 Å². The summed E-state index contributed by atoms with van der Waals surface area (Å²) < 4.78 is 5.07. The number of esters is 1. The first kappa shape index (κ1) is 24.4. The van der Waals surface area contributed by atoms with Gasteiger partial charge in [0.1, 0.15) is 11.4 Å². The first-order chi connectivity index (χ1) is 15.5. The molecule has 0 saturated carbocycles. The number of carbonyl (C=O) groups excluding carboxylic acids is 1. The molecule has 0 radical (unpaired) electrons. The molecule has 0 spiro atoms. The van der Waals surface area contributed by atoms with Gasteiger partial charge in [-0.1, -0.05) is 46.0 Å². The van der Waals surface area contributed by atoms with E-state index < -0.39 is 0 Å². The van der Waals surface area contributed by atoms with Gasteiger partial charge < -0.3 is 4.74 Å². The third-order valence-electron chi connectivity index (χ3n) is 6.59. The topological polar surface area (TPSA) is 39.2 Å². The largest absolute Gasteiger partial charge is 0.425 e. The second kappa shape index (κ2) is 11.6. The van der Waals surface area contributed by atoms with Crippen LogP contribution >= 0.6 is 11.8 Å². The molecule has 3 nitrogen and oxygen atoms in total. The minimum absolute atomic E-state index is 0.266. The lowest BCUT2D eigenvalue weighted by Gasteiger charge is -2.38. The molecule has 0 saturated heterocycles. The fraction of sp³-hybridized carbons (Fsp3) is 0.500. The van der Waals surface area contributed by atoms with Gasteiger partial charge in [-0.25, -0.2) is 4.98 Å². The van der Waals surface area contributed by atoms with Gasteiger partial charge in [0.15, 0.2) is 0 Å². The summed E-state index contributed by atoms with van der Waals surface area (Å²) in [4.78, 5) is 16.9. The van der Waals surface area contributed by atoms with Crippen LogP contribution in [0.2, 0.25) is 0 Å². The molecule has 0 fully saturated rings. The van der Waals surface area contributed by atoms with Crippen molar-refractivity contribution in [2.75, 3.05) is 5.75 Å². The Labute approximate surface area is 197 Å². The quantitative estimate of drug-likeness (QED) is 0.245. The van der Waals surface area contributed by atoms with Gasteiger partial charge in [0.2, 0.25) is 0 Å². The van der Waals surface area contributed by atoms with Crippen LogP contribution in [0.1, 0.15) is 95.0 Å². The van der Waals surface area contributed by atoms with E-state index in [9.17, 15) is 4.79 Å². The van der Waals surface area contributed by atoms with Crippen LogP contribution < -0.4 is 4.74 Å². The molecule has 32 heavy (non-hydrogen) atoms. The molecule has 0 N–H and O–H groups in total. The van der Waals surface area contributed by atoms with E-state index in [1.54, 1.807) is 12.3 Å². The van der Waals surface area contributed by atoms with Gasteiger partial charge in [-0.2, -0.15) is 0 Å². The molecule has 1 aliphatic rings. The Hall–Kier alpha value is -2.25. The number of unbranched alkanes of at least 4 members (excludes halogenated alkanes) is 3. The third-order valence-corrected chi connectivity index (χ3v) is 7.65. The van der Waals surface area contributed by atoms with Crippen molar-refractivity contribution in [3.8, 4) is 17.6 Å². The Balaban J connectivity index is 1.95. The number of fused-ring (bicyclic) bond motifs is 1. The highest BCUT2D eigenvalue weighted by Gasteiger charge is 2.34. The van der Waals surface area contributed by atoms with Crippen molar-refractivity contribution < 1.29 is 9.53 Å². The molecule has 4 heteroatoms. The van der Waals surface area contributed by atoms with Crippen LogP contribution in [-0.2, 0) is 16.6 Å². The highest BCUT2D eigenvalue weighted by atomic mass is 32.2. The Morgan fingerprint density at radius 2 is 1.94 bits per heavy atom. The van der Waals surface area contributed by atoms with E-state index >= 15 is 0 Å². The van der Waals surface area contributed by atoms with Crippen molar-refractivity contribution in [2.24, 2.45) is 0 Å². The lowest BCUT2D eigenvalue weighted by Crippen LogP contribution is -2.29. The average molecular weight is 450 g/mol. The number of hydrogen-bond acceptors (Lipinski definition) is 4. The molecule has 0 atom stereocenters. The molecule has 1 aromatic heterocycles. The summed E-state index contributed by atoms with van der Waals surface area (Å²) in [5.74, 6) is 7.98. The van der Waals surface area contributed by atoms with Crippen LogP contribution in [0.3, 0.4) is 0 Å². The molecule has 2 heterocycles. The minimum atomic E-state index is -0.347. The van der Waals surface area contributed by atoms with Crippen molar-refractivity contribution >= 4 is 17.7 Å². The third kappa shape index (κ3) is 5.95. The molecule has 0 amide bonds. The highest BCUT2D eigenvalue weighted by Crippen LogP contribution is 2.47. The molecule has 3 rings (SSSR count). The normalized spacial score (nSPS) is 14.2. The van der Waals surface area contributed by atoms with E-state index in [-0.39, 0.29) is 11.4 Å². The molecule has 1 aromatic carbocycles. The summed E-state index contributed by atoms with van der Waals surface area (Å²) in [7, 11) is 0. The predicted molar refractivity (Wildman–Crippen MR) is 133 cm³/mol. The summed E-state index contributed by atoms with van der Waals surface area (Å²) in [6.45, 7) is 8.28. The zero-order valence-corrected chi connectivity index (χ0v) is 20.7. The summed E-state index contributed by atoms with van der Waals surface area (Å²) in [6, 6.07) is 8.35. The van der Waals surface area contributed by atoms with Crippen LogP contribution in [0, 0.1) is 11.8 Å². The molecular weight excluding hydrogens is 414 g/mol. The van der Waals surface area contributed by atoms with Crippen molar-refractivity contribution in [1.29, 1.82) is 0 Å². The van der Waals surface area contributed by atoms with E-state index in [1.807, 2.05) is 17.8 Å². The van der Waals surface area contributed by atoms with Crippen LogP contribution in [0.25, 0.3) is 0 Å². The van der Waals surface area contributed by atoms with Gasteiger partial charge in [0.25, 0.3) is 0 Å². The Morgan fingerprint density at radius 3 is 2.59 bits per heavy atom. The van der Waals surface area contributed by atoms with Crippen molar-refractivity contribution in [1.82, 2.24) is 4.98 Å². The fourth-order valence-electron chi connectivity index (χ4n) is 4.51. The monoisotopic (exact) mass is 449 g/mol. The van der Waals surface area contributed by atoms with E-state index in [0.717, 1.165) is 12.0 Å². The number of ether oxygens (including phenoxy) is 1. The zero-order chi connectivity index (χ0) is 23.0. The van der Waals surface area contributed by atoms with Gasteiger partial charge in [-0.15, -0.1) is 11.8 Å². The lowest BCUT2D eigenvalue weighted by atomic mass is 9.72. The SMILES string of the molecule is CCCCCCc1cc2c(cc1C#Cc1ccc(OC(C)=O)cn1)C(CC)(CC)CCS2. The number of nitrogens with zero attached hydrogens (tertiary/aromatic N) is 1. The zero-order valence-electron chi connectivity index (χ0n) is 19.9. The van der Waals surface area contributed by atoms with Gasteiger partial charge >= 0.3 is 5.97 Å². The Kier molecular flexibility index (Phi) is 8.82. The number of benzene rings is 1. The molecule has 170 valence electrons. The standard InChI is InChI=1S/C28H35NO2S/c1-5-8-9-10-11-22-19-27-26(28(6-2,7-3)16-17-32-27)18-23(22)12-13-24-14-15-25(20-29-24)31-21(4)30/h14-15,18-20H,5-11,16-17H2,1-4H3. The smallest absolute Gasteiger partial charge is 0.308 e. The number of aromatic nitrogens is 1. The number of hydrogen-bond donors (Lipinski definition) is 0. The lowest BCUT2D eigenvalue weighted by molar-refractivity contribution is -0.131. The van der Waals surface area contributed by atoms with E-state index in [4.69, 9.17) is 4.74 Å². The van der Waals surface area contributed by atoms with E-state index in [1.165, 1.54) is 73.6 Å². The van der Waals surface area contributed by atoms with Crippen molar-refractivity contribution in [3.05, 3.63) is 52.8 Å². The molecular formula is C28H35NO2S. The second-order valence-corrected chi connectivity index (χ2v) is 9.76. The maximum Gasteiger partial charge on any atom is 0.308 e. The number of thioether (sulfide) groups is 1. The van der Waals surface area contributed by atoms with Crippen LogP contribution in [0.15, 0.2) is 35.4 Å². The number of carbonyl (C=O) groups is 1. The number of aryl methyl sites for hydroxylation is 1. The van der Waals surface area contributed by atoms with Crippen LogP contribution in [0.4, 0.5) is 0 Å². The van der Waals surface area contributed by atoms with E-state index in [2.05, 4.69) is 49.7 Å². The van der Waals surface area contributed by atoms with Gasteiger partial charge in [0.05, 0.1) is 6.20 Å². The van der Waals surface area contributed by atoms with Crippen LogP contribution in [0.5, 0.6) is 5.75 Å². The second-order valence-electron chi connectivity index (χ2n) is 8.62. The Morgan fingerprint density at radius 1 is 1.12 bits per heavy atom. The summed E-state index contributed by atoms with van der Waals surface area (Å²) in [6.07, 6.45) is 11.2. The molecule has 0 unspecified atom stereocenters. The summed E-state index contributed by atoms with van der Waals surface area (Å²) in [5.41, 5.74) is 4.93. The average Bonchev–Trinajstić information content (AvgIpc) is 2.80. The molecule has 1 aliphatic heterocycles. The first-order valence-electron chi connectivity index (χ1n) is 12.0. The first-order valence-corrected chi connectivity index (χ1v) is 13.0. The summed E-state index contributed by atoms with van der Waals surface area (Å²) in [5, 5.41) is 0. The van der Waals surface area contributed by atoms with Crippen molar-refractivity contribution in [2.45, 2.75) is 89.4 Å². The molecule has 0 bridgehead atoms. The van der Waals surface area contributed by atoms with Gasteiger partial charge in [-0.05, 0) is 84.6 Å². The fourth-order valence-corrected chi connectivity index (χ4v) is 5.88. The maximum atomic E-state index is 11.1.